The molecule has 6 heteroatoms. The number of methoxy groups -OCH3 is 1. The van der Waals surface area contributed by atoms with Gasteiger partial charge in [-0.1, -0.05) is 30.7 Å². The van der Waals surface area contributed by atoms with Gasteiger partial charge in [-0.3, -0.25) is 4.90 Å². The molecule has 0 bridgehead atoms. The van der Waals surface area contributed by atoms with Crippen LogP contribution in [0.2, 0.25) is 0 Å². The summed E-state index contributed by atoms with van der Waals surface area (Å²) in [5, 5.41) is 0. The van der Waals surface area contributed by atoms with Gasteiger partial charge in [0, 0.05) is 19.2 Å². The third-order valence-corrected chi connectivity index (χ3v) is 7.13. The monoisotopic (exact) mass is 490 g/mol. The van der Waals surface area contributed by atoms with Crippen molar-refractivity contribution in [1.29, 1.82) is 0 Å². The lowest BCUT2D eigenvalue weighted by Gasteiger charge is -2.39. The highest BCUT2D eigenvalue weighted by atomic mass is 19.1. The van der Waals surface area contributed by atoms with Crippen molar-refractivity contribution in [1.82, 2.24) is 4.90 Å². The standard InChI is InChI=1S/C30H35FN2O3/c1-34-27-10-5-23(6-11-27)19-26-22-36-30-14-9-25(31)20-29(30)33(26)21-24-7-12-28(13-8-24)35-18-17-32-15-3-2-4-16-32/h5-14,20,26H,2-4,15-19,21-22H2,1H3/t26-/m0/s1. The van der Waals surface area contributed by atoms with Gasteiger partial charge < -0.3 is 19.1 Å². The van der Waals surface area contributed by atoms with E-state index in [0.717, 1.165) is 41.5 Å². The molecule has 3 aromatic carbocycles. The van der Waals surface area contributed by atoms with Crippen molar-refractivity contribution >= 4 is 5.69 Å². The Morgan fingerprint density at radius 3 is 2.36 bits per heavy atom. The maximum absolute atomic E-state index is 14.2. The summed E-state index contributed by atoms with van der Waals surface area (Å²) in [6.45, 7) is 5.25. The van der Waals surface area contributed by atoms with Crippen LogP contribution in [-0.2, 0) is 13.0 Å². The topological polar surface area (TPSA) is 34.2 Å². The predicted octanol–water partition coefficient (Wildman–Crippen LogP) is 5.71. The second-order valence-electron chi connectivity index (χ2n) is 9.65. The van der Waals surface area contributed by atoms with Crippen molar-refractivity contribution in [3.05, 3.63) is 83.7 Å². The first kappa shape index (κ1) is 24.4. The van der Waals surface area contributed by atoms with E-state index in [-0.39, 0.29) is 11.9 Å². The highest BCUT2D eigenvalue weighted by Gasteiger charge is 2.28. The molecule has 0 saturated carbocycles. The van der Waals surface area contributed by atoms with Crippen molar-refractivity contribution < 1.29 is 18.6 Å². The smallest absolute Gasteiger partial charge is 0.142 e. The van der Waals surface area contributed by atoms with Gasteiger partial charge in [-0.15, -0.1) is 0 Å². The zero-order valence-corrected chi connectivity index (χ0v) is 21.0. The van der Waals surface area contributed by atoms with Gasteiger partial charge in [0.1, 0.15) is 36.3 Å². The van der Waals surface area contributed by atoms with Crippen molar-refractivity contribution in [3.8, 4) is 17.2 Å². The Morgan fingerprint density at radius 2 is 1.61 bits per heavy atom. The number of nitrogens with zero attached hydrogens (tertiary/aromatic N) is 2. The molecule has 5 nitrogen and oxygen atoms in total. The summed E-state index contributed by atoms with van der Waals surface area (Å²) in [5.41, 5.74) is 3.13. The quantitative estimate of drug-likeness (QED) is 0.384. The van der Waals surface area contributed by atoms with Crippen molar-refractivity contribution in [2.45, 2.75) is 38.3 Å². The van der Waals surface area contributed by atoms with Gasteiger partial charge in [0.15, 0.2) is 0 Å². The van der Waals surface area contributed by atoms with Crippen LogP contribution in [0.1, 0.15) is 30.4 Å². The number of hydrogen-bond donors (Lipinski definition) is 0. The minimum atomic E-state index is -0.259. The third-order valence-electron chi connectivity index (χ3n) is 7.13. The molecule has 1 fully saturated rings. The molecule has 0 unspecified atom stereocenters. The first-order valence-electron chi connectivity index (χ1n) is 12.9. The van der Waals surface area contributed by atoms with E-state index in [2.05, 4.69) is 34.1 Å². The van der Waals surface area contributed by atoms with E-state index < -0.39 is 0 Å². The molecule has 1 atom stereocenters. The fourth-order valence-corrected chi connectivity index (χ4v) is 5.09. The minimum Gasteiger partial charge on any atom is -0.497 e. The zero-order chi connectivity index (χ0) is 24.7. The number of halogens is 1. The number of ether oxygens (including phenoxy) is 3. The van der Waals surface area contributed by atoms with Gasteiger partial charge >= 0.3 is 0 Å². The van der Waals surface area contributed by atoms with Crippen molar-refractivity contribution in [2.75, 3.05) is 44.9 Å². The van der Waals surface area contributed by atoms with Crippen LogP contribution in [0.25, 0.3) is 0 Å². The summed E-state index contributed by atoms with van der Waals surface area (Å²) >= 11 is 0. The summed E-state index contributed by atoms with van der Waals surface area (Å²) in [6, 6.07) is 21.2. The lowest BCUT2D eigenvalue weighted by atomic mass is 10.0. The lowest BCUT2D eigenvalue weighted by Crippen LogP contribution is -2.44. The molecule has 0 N–H and O–H groups in total. The molecule has 0 amide bonds. The van der Waals surface area contributed by atoms with E-state index in [1.807, 2.05) is 24.3 Å². The van der Waals surface area contributed by atoms with E-state index in [0.29, 0.717) is 19.8 Å². The average Bonchev–Trinajstić information content (AvgIpc) is 2.92. The first-order chi connectivity index (χ1) is 17.7. The summed E-state index contributed by atoms with van der Waals surface area (Å²) < 4.78 is 31.6. The van der Waals surface area contributed by atoms with Gasteiger partial charge in [-0.25, -0.2) is 4.39 Å². The number of anilines is 1. The van der Waals surface area contributed by atoms with Crippen LogP contribution < -0.4 is 19.1 Å². The van der Waals surface area contributed by atoms with Gasteiger partial charge in [0.05, 0.1) is 18.8 Å². The van der Waals surface area contributed by atoms with Crippen LogP contribution in [0.3, 0.4) is 0 Å². The van der Waals surface area contributed by atoms with Crippen LogP contribution in [0.4, 0.5) is 10.1 Å². The van der Waals surface area contributed by atoms with Crippen LogP contribution in [0.15, 0.2) is 66.7 Å². The van der Waals surface area contributed by atoms with E-state index in [9.17, 15) is 4.39 Å². The molecule has 5 rings (SSSR count). The lowest BCUT2D eigenvalue weighted by molar-refractivity contribution is 0.183. The summed E-state index contributed by atoms with van der Waals surface area (Å²) in [5.74, 6) is 2.19. The van der Waals surface area contributed by atoms with Gasteiger partial charge in [-0.05, 0) is 79.9 Å². The van der Waals surface area contributed by atoms with Crippen LogP contribution in [0.5, 0.6) is 17.2 Å². The van der Waals surface area contributed by atoms with Crippen LogP contribution in [-0.4, -0.2) is 50.9 Å². The third kappa shape index (κ3) is 6.11. The minimum absolute atomic E-state index is 0.0770. The van der Waals surface area contributed by atoms with Gasteiger partial charge in [0.25, 0.3) is 0 Å². The Hall–Kier alpha value is -3.25. The van der Waals surface area contributed by atoms with Gasteiger partial charge in [0.2, 0.25) is 0 Å². The molecule has 1 saturated heterocycles. The predicted molar refractivity (Wildman–Crippen MR) is 141 cm³/mol. The van der Waals surface area contributed by atoms with E-state index >= 15 is 0 Å². The molecular weight excluding hydrogens is 455 g/mol. The molecule has 0 aliphatic carbocycles. The fourth-order valence-electron chi connectivity index (χ4n) is 5.09. The number of fused-ring (bicyclic) bond motifs is 1. The second kappa shape index (κ2) is 11.7. The molecule has 3 aromatic rings. The molecule has 0 radical (unpaired) electrons. The fraction of sp³-hybridized carbons (Fsp3) is 0.400. The average molecular weight is 491 g/mol. The number of piperidine rings is 1. The van der Waals surface area contributed by atoms with E-state index in [1.165, 1.54) is 44.0 Å². The highest BCUT2D eigenvalue weighted by Crippen LogP contribution is 2.36. The Morgan fingerprint density at radius 1 is 0.889 bits per heavy atom. The highest BCUT2D eigenvalue weighted by molar-refractivity contribution is 5.61. The number of benzene rings is 3. The number of rotatable bonds is 9. The molecule has 190 valence electrons. The molecule has 2 heterocycles. The summed E-state index contributed by atoms with van der Waals surface area (Å²) in [6.07, 6.45) is 4.73. The summed E-state index contributed by atoms with van der Waals surface area (Å²) in [7, 11) is 1.67. The molecule has 2 aliphatic rings. The number of likely N-dealkylation sites (tertiary alicyclic amines) is 1. The SMILES string of the molecule is COc1ccc(C[C@H]2COc3ccc(F)cc3N2Cc2ccc(OCCN3CCCCC3)cc2)cc1. The van der Waals surface area contributed by atoms with Crippen LogP contribution >= 0.6 is 0 Å². The van der Waals surface area contributed by atoms with E-state index in [1.54, 1.807) is 19.2 Å². The summed E-state index contributed by atoms with van der Waals surface area (Å²) in [4.78, 5) is 4.74. The Bertz CT molecular complexity index is 1110. The Balaban J connectivity index is 1.27. The Kier molecular flexibility index (Phi) is 7.91. The maximum Gasteiger partial charge on any atom is 0.142 e. The second-order valence-corrected chi connectivity index (χ2v) is 9.65. The maximum atomic E-state index is 14.2. The normalized spacial score (nSPS) is 17.8. The number of hydrogen-bond acceptors (Lipinski definition) is 5. The largest absolute Gasteiger partial charge is 0.497 e. The molecule has 0 spiro atoms. The first-order valence-corrected chi connectivity index (χ1v) is 12.9. The molecule has 0 aromatic heterocycles. The molecule has 2 aliphatic heterocycles. The Labute approximate surface area is 213 Å². The van der Waals surface area contributed by atoms with E-state index in [4.69, 9.17) is 14.2 Å². The molecular formula is C30H35FN2O3. The molecule has 36 heavy (non-hydrogen) atoms. The van der Waals surface area contributed by atoms with Gasteiger partial charge in [-0.2, -0.15) is 0 Å². The zero-order valence-electron chi connectivity index (χ0n) is 21.0. The van der Waals surface area contributed by atoms with Crippen molar-refractivity contribution in [2.24, 2.45) is 0 Å². The van der Waals surface area contributed by atoms with Crippen molar-refractivity contribution in [3.63, 3.8) is 0 Å². The van der Waals surface area contributed by atoms with Crippen LogP contribution in [0, 0.1) is 5.82 Å².